The molecule has 1 fully saturated rings. The Bertz CT molecular complexity index is 219. The summed E-state index contributed by atoms with van der Waals surface area (Å²) in [4.78, 5) is 3.86. The van der Waals surface area contributed by atoms with Crippen molar-refractivity contribution in [2.45, 2.75) is 19.0 Å². The highest BCUT2D eigenvalue weighted by Crippen LogP contribution is 2.17. The van der Waals surface area contributed by atoms with Crippen LogP contribution >= 0.6 is 11.8 Å². The molecular formula is C8H12N2OS. The molecule has 0 aliphatic carbocycles. The number of hydrogen-bond acceptors (Lipinski definition) is 4. The van der Waals surface area contributed by atoms with Crippen LogP contribution < -0.4 is 5.32 Å². The summed E-state index contributed by atoms with van der Waals surface area (Å²) < 4.78 is 5.11. The van der Waals surface area contributed by atoms with Gasteiger partial charge in [-0.2, -0.15) is 11.8 Å². The smallest absolute Gasteiger partial charge is 0.180 e. The minimum atomic E-state index is 0.667. The zero-order valence-corrected chi connectivity index (χ0v) is 7.64. The standard InChI is InChI=1S/C8H12N2OS/c1-2-12-5-7(1)10-4-8-3-9-6-11-8/h3,6-7,10H,1-2,4-5H2. The summed E-state index contributed by atoms with van der Waals surface area (Å²) in [5.74, 6) is 3.44. The van der Waals surface area contributed by atoms with Crippen LogP contribution in [0.4, 0.5) is 0 Å². The maximum atomic E-state index is 5.11. The molecule has 4 heteroatoms. The third-order valence-electron chi connectivity index (χ3n) is 1.98. The van der Waals surface area contributed by atoms with E-state index in [1.165, 1.54) is 24.3 Å². The zero-order valence-electron chi connectivity index (χ0n) is 6.82. The number of thioether (sulfide) groups is 1. The van der Waals surface area contributed by atoms with Gasteiger partial charge < -0.3 is 9.73 Å². The fourth-order valence-corrected chi connectivity index (χ4v) is 2.46. The lowest BCUT2D eigenvalue weighted by molar-refractivity contribution is 0.455. The third-order valence-corrected chi connectivity index (χ3v) is 3.14. The normalized spacial score (nSPS) is 23.2. The van der Waals surface area contributed by atoms with Crippen LogP contribution in [0.15, 0.2) is 17.0 Å². The van der Waals surface area contributed by atoms with Gasteiger partial charge in [-0.15, -0.1) is 0 Å². The van der Waals surface area contributed by atoms with Crippen molar-refractivity contribution >= 4 is 11.8 Å². The molecule has 0 bridgehead atoms. The van der Waals surface area contributed by atoms with Crippen molar-refractivity contribution in [1.29, 1.82) is 0 Å². The van der Waals surface area contributed by atoms with E-state index in [0.29, 0.717) is 6.04 Å². The van der Waals surface area contributed by atoms with Gasteiger partial charge in [0.05, 0.1) is 12.7 Å². The molecule has 12 heavy (non-hydrogen) atoms. The number of rotatable bonds is 3. The number of hydrogen-bond donors (Lipinski definition) is 1. The van der Waals surface area contributed by atoms with Crippen molar-refractivity contribution in [2.24, 2.45) is 0 Å². The van der Waals surface area contributed by atoms with E-state index in [2.05, 4.69) is 10.3 Å². The summed E-state index contributed by atoms with van der Waals surface area (Å²) in [5, 5.41) is 3.43. The fraction of sp³-hybridized carbons (Fsp3) is 0.625. The van der Waals surface area contributed by atoms with Gasteiger partial charge in [0.25, 0.3) is 0 Å². The molecule has 0 aromatic carbocycles. The van der Waals surface area contributed by atoms with Gasteiger partial charge in [0.1, 0.15) is 5.76 Å². The Labute approximate surface area is 75.9 Å². The summed E-state index contributed by atoms with van der Waals surface area (Å²) in [5.41, 5.74) is 0. The molecule has 2 heterocycles. The molecule has 1 unspecified atom stereocenters. The van der Waals surface area contributed by atoms with Crippen LogP contribution in [0.5, 0.6) is 0 Å². The van der Waals surface area contributed by atoms with Crippen molar-refractivity contribution in [3.63, 3.8) is 0 Å². The molecule has 3 nitrogen and oxygen atoms in total. The highest BCUT2D eigenvalue weighted by atomic mass is 32.2. The largest absolute Gasteiger partial charge is 0.447 e. The molecular weight excluding hydrogens is 172 g/mol. The maximum absolute atomic E-state index is 5.11. The molecule has 0 amide bonds. The molecule has 1 aromatic heterocycles. The van der Waals surface area contributed by atoms with Crippen LogP contribution in [0.1, 0.15) is 12.2 Å². The van der Waals surface area contributed by atoms with Crippen LogP contribution in [0, 0.1) is 0 Å². The van der Waals surface area contributed by atoms with Gasteiger partial charge in [0, 0.05) is 11.8 Å². The topological polar surface area (TPSA) is 38.1 Å². The van der Waals surface area contributed by atoms with Gasteiger partial charge in [-0.1, -0.05) is 0 Å². The maximum Gasteiger partial charge on any atom is 0.180 e. The second-order valence-corrected chi connectivity index (χ2v) is 4.06. The quantitative estimate of drug-likeness (QED) is 0.767. The predicted molar refractivity (Wildman–Crippen MR) is 49.1 cm³/mol. The first kappa shape index (κ1) is 8.13. The van der Waals surface area contributed by atoms with E-state index in [9.17, 15) is 0 Å². The molecule has 0 spiro atoms. The second-order valence-electron chi connectivity index (χ2n) is 2.91. The molecule has 1 aliphatic rings. The monoisotopic (exact) mass is 184 g/mol. The van der Waals surface area contributed by atoms with Crippen LogP contribution in [-0.2, 0) is 6.54 Å². The second kappa shape index (κ2) is 3.96. The van der Waals surface area contributed by atoms with Gasteiger partial charge in [-0.3, -0.25) is 0 Å². The summed E-state index contributed by atoms with van der Waals surface area (Å²) in [6.07, 6.45) is 4.51. The van der Waals surface area contributed by atoms with Gasteiger partial charge in [0.15, 0.2) is 6.39 Å². The van der Waals surface area contributed by atoms with Crippen LogP contribution in [-0.4, -0.2) is 22.5 Å². The van der Waals surface area contributed by atoms with Crippen LogP contribution in [0.2, 0.25) is 0 Å². The van der Waals surface area contributed by atoms with Gasteiger partial charge >= 0.3 is 0 Å². The van der Waals surface area contributed by atoms with Gasteiger partial charge in [-0.25, -0.2) is 4.98 Å². The molecule has 66 valence electrons. The average molecular weight is 184 g/mol. The van der Waals surface area contributed by atoms with Crippen molar-refractivity contribution < 1.29 is 4.42 Å². The Morgan fingerprint density at radius 2 is 2.75 bits per heavy atom. The number of aromatic nitrogens is 1. The van der Waals surface area contributed by atoms with E-state index in [0.717, 1.165) is 12.3 Å². The van der Waals surface area contributed by atoms with E-state index >= 15 is 0 Å². The van der Waals surface area contributed by atoms with Crippen molar-refractivity contribution in [3.05, 3.63) is 18.4 Å². The van der Waals surface area contributed by atoms with E-state index < -0.39 is 0 Å². The number of nitrogens with zero attached hydrogens (tertiary/aromatic N) is 1. The van der Waals surface area contributed by atoms with Crippen molar-refractivity contribution in [1.82, 2.24) is 10.3 Å². The molecule has 0 saturated carbocycles. The third kappa shape index (κ3) is 2.01. The van der Waals surface area contributed by atoms with Crippen LogP contribution in [0.3, 0.4) is 0 Å². The zero-order chi connectivity index (χ0) is 8.23. The Hall–Kier alpha value is -0.480. The van der Waals surface area contributed by atoms with Crippen LogP contribution in [0.25, 0.3) is 0 Å². The number of oxazole rings is 1. The lowest BCUT2D eigenvalue weighted by Crippen LogP contribution is -2.27. The lowest BCUT2D eigenvalue weighted by Gasteiger charge is -2.08. The summed E-state index contributed by atoms with van der Waals surface area (Å²) in [7, 11) is 0. The molecule has 1 atom stereocenters. The van der Waals surface area contributed by atoms with Crippen molar-refractivity contribution in [2.75, 3.05) is 11.5 Å². The van der Waals surface area contributed by atoms with E-state index in [1.807, 2.05) is 11.8 Å². The Morgan fingerprint density at radius 3 is 3.42 bits per heavy atom. The molecule has 0 radical (unpaired) electrons. The molecule has 1 aliphatic heterocycles. The summed E-state index contributed by atoms with van der Waals surface area (Å²) in [6.45, 7) is 0.811. The Kier molecular flexibility index (Phi) is 2.68. The number of nitrogens with one attached hydrogen (secondary N) is 1. The first-order valence-electron chi connectivity index (χ1n) is 4.13. The van der Waals surface area contributed by atoms with Gasteiger partial charge in [-0.05, 0) is 12.2 Å². The molecule has 1 aromatic rings. The molecule has 1 saturated heterocycles. The van der Waals surface area contributed by atoms with E-state index in [1.54, 1.807) is 6.20 Å². The first-order chi connectivity index (χ1) is 5.95. The molecule has 1 N–H and O–H groups in total. The fourth-order valence-electron chi connectivity index (χ4n) is 1.27. The van der Waals surface area contributed by atoms with E-state index in [4.69, 9.17) is 4.42 Å². The first-order valence-corrected chi connectivity index (χ1v) is 5.29. The Balaban J connectivity index is 1.74. The van der Waals surface area contributed by atoms with Gasteiger partial charge in [0.2, 0.25) is 0 Å². The lowest BCUT2D eigenvalue weighted by atomic mass is 10.2. The van der Waals surface area contributed by atoms with E-state index in [-0.39, 0.29) is 0 Å². The highest BCUT2D eigenvalue weighted by molar-refractivity contribution is 7.99. The minimum absolute atomic E-state index is 0.667. The highest BCUT2D eigenvalue weighted by Gasteiger charge is 2.14. The van der Waals surface area contributed by atoms with Crippen molar-refractivity contribution in [3.8, 4) is 0 Å². The predicted octanol–water partition coefficient (Wildman–Crippen LogP) is 1.27. The SMILES string of the molecule is c1ncc(CNC2CCSC2)o1. The summed E-state index contributed by atoms with van der Waals surface area (Å²) >= 11 is 2.01. The minimum Gasteiger partial charge on any atom is -0.447 e. The molecule has 2 rings (SSSR count). The Morgan fingerprint density at radius 1 is 1.75 bits per heavy atom. The summed E-state index contributed by atoms with van der Waals surface area (Å²) in [6, 6.07) is 0.667. The average Bonchev–Trinajstić information content (AvgIpc) is 2.74.